The number of aromatic nitrogens is 2. The number of hydrogen-bond acceptors (Lipinski definition) is 3. The number of rotatable bonds is 9. The summed E-state index contributed by atoms with van der Waals surface area (Å²) in [5.74, 6) is 0. The summed E-state index contributed by atoms with van der Waals surface area (Å²) in [6, 6.07) is 34.4. The van der Waals surface area contributed by atoms with E-state index in [-0.39, 0.29) is 61.6 Å². The van der Waals surface area contributed by atoms with E-state index in [2.05, 4.69) is 65.8 Å². The number of anilines is 6. The van der Waals surface area contributed by atoms with Gasteiger partial charge in [0.05, 0.1) is 78.0 Å². The van der Waals surface area contributed by atoms with Gasteiger partial charge in [0.15, 0.2) is 0 Å². The van der Waals surface area contributed by atoms with Crippen molar-refractivity contribution in [3.63, 3.8) is 0 Å². The zero-order chi connectivity index (χ0) is 94.5. The predicted octanol–water partition coefficient (Wildman–Crippen LogP) is 25.4. The van der Waals surface area contributed by atoms with Crippen LogP contribution >= 0.6 is 0 Å². The summed E-state index contributed by atoms with van der Waals surface area (Å²) in [4.78, 5) is 3.75. The van der Waals surface area contributed by atoms with Crippen molar-refractivity contribution in [1.82, 2.24) is 9.13 Å². The Labute approximate surface area is 663 Å². The minimum Gasteiger partial charge on any atom is -0.310 e. The van der Waals surface area contributed by atoms with Crippen molar-refractivity contribution in [2.45, 2.75) is 105 Å². The summed E-state index contributed by atoms with van der Waals surface area (Å²) in [5, 5.41) is 9.42. The predicted molar refractivity (Wildman–Crippen MR) is 456 cm³/mol. The normalized spacial score (nSPS) is 16.1. The van der Waals surface area contributed by atoms with Crippen LogP contribution in [0.5, 0.6) is 0 Å². The summed E-state index contributed by atoms with van der Waals surface area (Å²) >= 11 is 0. The quantitative estimate of drug-likeness (QED) is 0.135. The molecule has 0 saturated heterocycles. The van der Waals surface area contributed by atoms with Crippen LogP contribution in [0.15, 0.2) is 303 Å². The fourth-order valence-corrected chi connectivity index (χ4v) is 15.1. The van der Waals surface area contributed by atoms with Crippen molar-refractivity contribution < 1.29 is 32.9 Å². The second-order valence-electron chi connectivity index (χ2n) is 31.7. The van der Waals surface area contributed by atoms with Crippen LogP contribution in [0.25, 0.3) is 111 Å². The van der Waals surface area contributed by atoms with E-state index in [1.54, 1.807) is 20.8 Å². The first-order valence-corrected chi connectivity index (χ1v) is 35.9. The Morgan fingerprint density at radius 3 is 1.14 bits per heavy atom. The summed E-state index contributed by atoms with van der Waals surface area (Å²) in [6.07, 6.45) is 0. The Balaban J connectivity index is 1.13. The zero-order valence-electron chi connectivity index (χ0n) is 85.3. The Hall–Kier alpha value is -12.2. The van der Waals surface area contributed by atoms with Crippen LogP contribution in [0.4, 0.5) is 34.1 Å². The average Bonchev–Trinajstić information content (AvgIpc) is 1.39. The SMILES string of the molecule is [2H]c1c([2H])c([2H])c(-c2c([2H])c([2H])c3c(c2[2H])c2c([2H])c([2H])c([2H])c([2H])c2n3-c2c([2H])c([2H])c3c(c2[2H])N(c2c(-c4ccccc4)cc(C(C)(C)C)cc2-c2ccccc2)c2cc(C(C)(C)C)cc4c2B3c2c([2H])c([2H])c(-n3c5c([2H])c([2H])c(C#N)c([2H])c5c5c([2H])c(C(C)(C)C)c([2H])c([2H])c53)c([2H])c2N4c2c(-c3ccccc3)cc(C(C)(C)C)cc2-c2ccccc2)c([2H])c1[2H]. The first-order valence-electron chi connectivity index (χ1n) is 47.9. The molecule has 2 aliphatic heterocycles. The van der Waals surface area contributed by atoms with Crippen molar-refractivity contribution in [3.8, 4) is 73.1 Å². The lowest BCUT2D eigenvalue weighted by Crippen LogP contribution is -2.61. The molecule has 4 heterocycles. The van der Waals surface area contributed by atoms with E-state index in [1.165, 1.54) is 0 Å². The van der Waals surface area contributed by atoms with Gasteiger partial charge in [-0.25, -0.2) is 0 Å². The number of benzene rings is 14. The van der Waals surface area contributed by atoms with Crippen LogP contribution in [0, 0.1) is 11.3 Å². The van der Waals surface area contributed by atoms with Crippen molar-refractivity contribution in [2.75, 3.05) is 9.80 Å². The van der Waals surface area contributed by atoms with Gasteiger partial charge < -0.3 is 18.9 Å². The highest BCUT2D eigenvalue weighted by Gasteiger charge is 2.47. The van der Waals surface area contributed by atoms with E-state index in [0.29, 0.717) is 66.9 Å². The van der Waals surface area contributed by atoms with Gasteiger partial charge in [-0.3, -0.25) is 0 Å². The molecule has 18 rings (SSSR count). The molecule has 518 valence electrons. The third-order valence-corrected chi connectivity index (χ3v) is 20.6. The highest BCUT2D eigenvalue weighted by Crippen LogP contribution is 2.56. The molecule has 2 aromatic heterocycles. The van der Waals surface area contributed by atoms with Crippen LogP contribution < -0.4 is 26.2 Å². The van der Waals surface area contributed by atoms with Gasteiger partial charge in [-0.1, -0.05) is 277 Å². The number of fused-ring (bicyclic) bond motifs is 10. The Morgan fingerprint density at radius 2 is 0.701 bits per heavy atom. The smallest absolute Gasteiger partial charge is 0.252 e. The monoisotopic (exact) mass is 1400 g/mol. The van der Waals surface area contributed by atoms with Gasteiger partial charge in [-0.15, -0.1) is 0 Å². The molecular formula is C101H86BN5. The highest BCUT2D eigenvalue weighted by atomic mass is 15.2. The van der Waals surface area contributed by atoms with E-state index in [1.807, 2.05) is 170 Å². The Kier molecular flexibility index (Phi) is 10.6. The molecular weight excluding hydrogens is 1290 g/mol. The molecule has 0 spiro atoms. The van der Waals surface area contributed by atoms with Crippen LogP contribution in [0.2, 0.25) is 0 Å². The molecule has 2 aliphatic rings. The number of hydrogen-bond donors (Lipinski definition) is 0. The second-order valence-corrected chi connectivity index (χ2v) is 31.7. The van der Waals surface area contributed by atoms with Crippen LogP contribution in [-0.4, -0.2) is 15.8 Å². The maximum absolute atomic E-state index is 11.9. The molecule has 0 aliphatic carbocycles. The lowest BCUT2D eigenvalue weighted by molar-refractivity contribution is 0.590. The third kappa shape index (κ3) is 11.2. The Morgan fingerprint density at radius 1 is 0.318 bits per heavy atom. The van der Waals surface area contributed by atoms with E-state index < -0.39 is 223 Å². The summed E-state index contributed by atoms with van der Waals surface area (Å²) in [5.41, 5.74) is -0.0974. The standard InChI is InChI=1S/C101H86BN5/c1-98(2,3)71-44-51-90-84(54-71)82-52-64(63-103)42-49-88(82)105(90)76-46-48-86-92(62-76)107(97-80(68-36-24-16-25-37-68)57-73(100(7,8)9)58-81(97)69-38-26-17-27-39-69)94-60-74(101(10,11)12)59-93-95(94)102(86)85-47-45-75(104-87-41-29-28-40-77(87)83-53-70(43-50-89(83)104)65-30-18-13-19-31-65)61-91(85)106(93)96-78(66-32-20-14-21-33-66)55-72(99(4,5)6)56-79(96)67-34-22-15-23-35-67/h13-62H,1-12H3/i13D,18D,19D,28D,29D,30D,31D,40D,41D,42D,43D,44D,45D,46D,47D,48D,49D,50D,51D,52D,53D,54D,61D,62D. The van der Waals surface area contributed by atoms with Gasteiger partial charge in [0.2, 0.25) is 0 Å². The Bertz CT molecular complexity index is 7640. The highest BCUT2D eigenvalue weighted by molar-refractivity contribution is 7.00. The molecule has 16 aromatic rings. The maximum Gasteiger partial charge on any atom is 0.252 e. The van der Waals surface area contributed by atoms with E-state index in [4.69, 9.17) is 4.11 Å². The maximum atomic E-state index is 11.9. The first kappa shape index (κ1) is 45.3. The molecule has 0 radical (unpaired) electrons. The number of para-hydroxylation sites is 1. The van der Waals surface area contributed by atoms with Gasteiger partial charge in [0.25, 0.3) is 6.71 Å². The van der Waals surface area contributed by atoms with E-state index >= 15 is 0 Å². The topological polar surface area (TPSA) is 40.1 Å². The number of nitriles is 1. The molecule has 0 N–H and O–H groups in total. The summed E-state index contributed by atoms with van der Waals surface area (Å²) in [6.45, 7) is 22.1. The molecule has 0 unspecified atom stereocenters. The van der Waals surface area contributed by atoms with Gasteiger partial charge in [-0.05, 0) is 203 Å². The molecule has 0 amide bonds. The van der Waals surface area contributed by atoms with Gasteiger partial charge in [0, 0.05) is 77.9 Å². The summed E-state index contributed by atoms with van der Waals surface area (Å²) in [7, 11) is 0. The molecule has 0 atom stereocenters. The van der Waals surface area contributed by atoms with Gasteiger partial charge >= 0.3 is 0 Å². The van der Waals surface area contributed by atoms with E-state index in [0.717, 1.165) is 20.3 Å². The largest absolute Gasteiger partial charge is 0.310 e. The van der Waals surface area contributed by atoms with Crippen molar-refractivity contribution in [3.05, 3.63) is 331 Å². The van der Waals surface area contributed by atoms with Gasteiger partial charge in [0.1, 0.15) is 0 Å². The van der Waals surface area contributed by atoms with Crippen molar-refractivity contribution >= 4 is 101 Å². The molecule has 0 bridgehead atoms. The van der Waals surface area contributed by atoms with Gasteiger partial charge in [-0.2, -0.15) is 5.26 Å². The summed E-state index contributed by atoms with van der Waals surface area (Å²) < 4.78 is 246. The molecule has 107 heavy (non-hydrogen) atoms. The lowest BCUT2D eigenvalue weighted by Gasteiger charge is -2.47. The zero-order valence-corrected chi connectivity index (χ0v) is 61.3. The lowest BCUT2D eigenvalue weighted by atomic mass is 9.33. The second kappa shape index (κ2) is 25.0. The molecule has 0 fully saturated rings. The van der Waals surface area contributed by atoms with E-state index in [9.17, 15) is 34.0 Å². The van der Waals surface area contributed by atoms with Crippen molar-refractivity contribution in [1.29, 1.82) is 5.26 Å². The third-order valence-electron chi connectivity index (χ3n) is 20.6. The van der Waals surface area contributed by atoms with Crippen LogP contribution in [-0.2, 0) is 21.7 Å². The average molecular weight is 1400 g/mol. The molecule has 6 heteroatoms. The van der Waals surface area contributed by atoms with Crippen molar-refractivity contribution in [2.24, 2.45) is 0 Å². The number of nitrogens with zero attached hydrogens (tertiary/aromatic N) is 5. The minimum atomic E-state index is -1.70. The van der Waals surface area contributed by atoms with Crippen LogP contribution in [0.1, 0.15) is 144 Å². The van der Waals surface area contributed by atoms with Crippen LogP contribution in [0.3, 0.4) is 0 Å². The minimum absolute atomic E-state index is 0.0520. The molecule has 5 nitrogen and oxygen atoms in total. The molecule has 0 saturated carbocycles. The first-order chi connectivity index (χ1) is 61.6. The molecule has 14 aromatic carbocycles. The fourth-order valence-electron chi connectivity index (χ4n) is 15.1. The fraction of sp³-hybridized carbons (Fsp3) is 0.158.